The van der Waals surface area contributed by atoms with Crippen molar-refractivity contribution in [3.63, 3.8) is 0 Å². The highest BCUT2D eigenvalue weighted by atomic mass is 127. The second-order valence-electron chi connectivity index (χ2n) is 12.4. The first-order valence-electron chi connectivity index (χ1n) is 16.7. The SMILES string of the molecule is C/C=C\C(=C/I)C1(c2ccccc2)c2ccccc2-c2ccc(-c3ccc(-c4cc(-c5ccccc5)cc(-c5ccccc5)n4)cc3)cc21. The molecule has 49 heavy (non-hydrogen) atoms. The van der Waals surface area contributed by atoms with Gasteiger partial charge in [-0.25, -0.2) is 4.98 Å². The molecule has 0 amide bonds. The smallest absolute Gasteiger partial charge is 0.0718 e. The summed E-state index contributed by atoms with van der Waals surface area (Å²) >= 11 is 2.42. The van der Waals surface area contributed by atoms with Gasteiger partial charge in [0.25, 0.3) is 0 Å². The van der Waals surface area contributed by atoms with Crippen LogP contribution in [0.5, 0.6) is 0 Å². The summed E-state index contributed by atoms with van der Waals surface area (Å²) in [7, 11) is 0. The third-order valence-electron chi connectivity index (χ3n) is 9.66. The van der Waals surface area contributed by atoms with Crippen molar-refractivity contribution < 1.29 is 0 Å². The van der Waals surface area contributed by atoms with Crippen LogP contribution < -0.4 is 0 Å². The van der Waals surface area contributed by atoms with Crippen molar-refractivity contribution in [3.05, 3.63) is 208 Å². The Kier molecular flexibility index (Phi) is 8.40. The summed E-state index contributed by atoms with van der Waals surface area (Å²) < 4.78 is 2.25. The van der Waals surface area contributed by atoms with Crippen LogP contribution in [0.2, 0.25) is 0 Å². The molecule has 1 aliphatic carbocycles. The summed E-state index contributed by atoms with van der Waals surface area (Å²) in [5.74, 6) is 0. The molecule has 0 spiro atoms. The molecule has 0 radical (unpaired) electrons. The van der Waals surface area contributed by atoms with Gasteiger partial charge < -0.3 is 0 Å². The van der Waals surface area contributed by atoms with Crippen LogP contribution >= 0.6 is 22.6 Å². The number of fused-ring (bicyclic) bond motifs is 3. The van der Waals surface area contributed by atoms with Crippen molar-refractivity contribution >= 4 is 22.6 Å². The van der Waals surface area contributed by atoms with Crippen molar-refractivity contribution in [2.24, 2.45) is 0 Å². The number of allylic oxidation sites excluding steroid dienone is 3. The highest BCUT2D eigenvalue weighted by Crippen LogP contribution is 2.57. The maximum Gasteiger partial charge on any atom is 0.0718 e. The van der Waals surface area contributed by atoms with Gasteiger partial charge in [0, 0.05) is 11.1 Å². The van der Waals surface area contributed by atoms with Crippen LogP contribution in [0.3, 0.4) is 0 Å². The normalized spacial score (nSPS) is 15.3. The Labute approximate surface area is 302 Å². The molecule has 0 saturated carbocycles. The molecule has 1 aliphatic rings. The Morgan fingerprint density at radius 2 is 1.00 bits per heavy atom. The van der Waals surface area contributed by atoms with Crippen LogP contribution in [0.25, 0.3) is 55.9 Å². The number of benzene rings is 6. The highest BCUT2D eigenvalue weighted by molar-refractivity contribution is 14.1. The van der Waals surface area contributed by atoms with Crippen LogP contribution in [-0.2, 0) is 5.41 Å². The highest BCUT2D eigenvalue weighted by Gasteiger charge is 2.46. The summed E-state index contributed by atoms with van der Waals surface area (Å²) in [6.45, 7) is 2.10. The third kappa shape index (κ3) is 5.47. The van der Waals surface area contributed by atoms with Gasteiger partial charge in [0.2, 0.25) is 0 Å². The van der Waals surface area contributed by atoms with Gasteiger partial charge in [0.15, 0.2) is 0 Å². The molecule has 0 bridgehead atoms. The lowest BCUT2D eigenvalue weighted by Crippen LogP contribution is -2.28. The fourth-order valence-electron chi connectivity index (χ4n) is 7.42. The number of hydrogen-bond donors (Lipinski definition) is 0. The van der Waals surface area contributed by atoms with Crippen molar-refractivity contribution in [1.82, 2.24) is 4.98 Å². The number of hydrogen-bond acceptors (Lipinski definition) is 1. The topological polar surface area (TPSA) is 12.9 Å². The van der Waals surface area contributed by atoms with E-state index in [2.05, 4.69) is 210 Å². The minimum atomic E-state index is -0.424. The average molecular weight is 740 g/mol. The largest absolute Gasteiger partial charge is 0.248 e. The Morgan fingerprint density at radius 3 is 1.65 bits per heavy atom. The van der Waals surface area contributed by atoms with E-state index in [9.17, 15) is 0 Å². The van der Waals surface area contributed by atoms with E-state index in [1.807, 2.05) is 6.07 Å². The Hall–Kier alpha value is -5.32. The quantitative estimate of drug-likeness (QED) is 0.117. The molecule has 7 aromatic rings. The van der Waals surface area contributed by atoms with E-state index >= 15 is 0 Å². The lowest BCUT2D eigenvalue weighted by atomic mass is 9.67. The van der Waals surface area contributed by atoms with Crippen LogP contribution in [0.4, 0.5) is 0 Å². The summed E-state index contributed by atoms with van der Waals surface area (Å²) in [5, 5.41) is 0. The van der Waals surface area contributed by atoms with Gasteiger partial charge in [-0.3, -0.25) is 0 Å². The molecule has 8 rings (SSSR count). The minimum absolute atomic E-state index is 0.424. The number of pyridine rings is 1. The fraction of sp³-hybridized carbons (Fsp3) is 0.0426. The zero-order valence-corrected chi connectivity index (χ0v) is 29.4. The second kappa shape index (κ2) is 13.3. The van der Waals surface area contributed by atoms with Gasteiger partial charge in [-0.05, 0) is 84.8 Å². The minimum Gasteiger partial charge on any atom is -0.248 e. The van der Waals surface area contributed by atoms with Crippen molar-refractivity contribution in [1.29, 1.82) is 0 Å². The third-order valence-corrected chi connectivity index (χ3v) is 10.3. The van der Waals surface area contributed by atoms with E-state index in [4.69, 9.17) is 4.98 Å². The molecular weight excluding hydrogens is 705 g/mol. The number of rotatable bonds is 7. The molecule has 6 aromatic carbocycles. The maximum absolute atomic E-state index is 5.16. The first kappa shape index (κ1) is 31.0. The van der Waals surface area contributed by atoms with Gasteiger partial charge >= 0.3 is 0 Å². The Morgan fingerprint density at radius 1 is 0.490 bits per heavy atom. The Bertz CT molecular complexity index is 2260. The van der Waals surface area contributed by atoms with Crippen LogP contribution in [0, 0.1) is 0 Å². The zero-order chi connectivity index (χ0) is 33.2. The van der Waals surface area contributed by atoms with Gasteiger partial charge in [-0.15, -0.1) is 0 Å². The summed E-state index contributed by atoms with van der Waals surface area (Å²) in [5.41, 5.74) is 16.2. The first-order valence-corrected chi connectivity index (χ1v) is 17.9. The molecule has 0 saturated heterocycles. The van der Waals surface area contributed by atoms with Crippen LogP contribution in [0.1, 0.15) is 23.6 Å². The number of halogens is 1. The lowest BCUT2D eigenvalue weighted by molar-refractivity contribution is 0.770. The molecule has 1 aromatic heterocycles. The lowest BCUT2D eigenvalue weighted by Gasteiger charge is -2.34. The van der Waals surface area contributed by atoms with E-state index in [0.29, 0.717) is 0 Å². The predicted molar refractivity (Wildman–Crippen MR) is 215 cm³/mol. The van der Waals surface area contributed by atoms with Crippen LogP contribution in [0.15, 0.2) is 192 Å². The van der Waals surface area contributed by atoms with Crippen molar-refractivity contribution in [2.45, 2.75) is 12.3 Å². The molecule has 234 valence electrons. The van der Waals surface area contributed by atoms with E-state index in [1.165, 1.54) is 50.1 Å². The van der Waals surface area contributed by atoms with Crippen LogP contribution in [-0.4, -0.2) is 4.98 Å². The van der Waals surface area contributed by atoms with Crippen molar-refractivity contribution in [2.75, 3.05) is 0 Å². The average Bonchev–Trinajstić information content (AvgIpc) is 3.48. The zero-order valence-electron chi connectivity index (χ0n) is 27.2. The molecule has 1 heterocycles. The van der Waals surface area contributed by atoms with E-state index in [0.717, 1.165) is 28.1 Å². The second-order valence-corrected chi connectivity index (χ2v) is 13.0. The van der Waals surface area contributed by atoms with Gasteiger partial charge in [-0.2, -0.15) is 0 Å². The van der Waals surface area contributed by atoms with E-state index < -0.39 is 5.41 Å². The Balaban J connectivity index is 1.25. The predicted octanol–water partition coefficient (Wildman–Crippen LogP) is 13.0. The van der Waals surface area contributed by atoms with Gasteiger partial charge in [0.05, 0.1) is 16.8 Å². The monoisotopic (exact) mass is 739 g/mol. The molecule has 0 fully saturated rings. The van der Waals surface area contributed by atoms with E-state index in [-0.39, 0.29) is 0 Å². The molecule has 2 heteroatoms. The van der Waals surface area contributed by atoms with E-state index in [1.54, 1.807) is 0 Å². The molecule has 0 aliphatic heterocycles. The summed E-state index contributed by atoms with van der Waals surface area (Å²) in [6, 6.07) is 61.2. The van der Waals surface area contributed by atoms with Gasteiger partial charge in [-0.1, -0.05) is 186 Å². The van der Waals surface area contributed by atoms with Crippen molar-refractivity contribution in [3.8, 4) is 55.9 Å². The molecule has 1 unspecified atom stereocenters. The number of nitrogens with zero attached hydrogens (tertiary/aromatic N) is 1. The molecule has 0 N–H and O–H groups in total. The standard InChI is InChI=1S/C47H34IN/c1-2-14-40(32-48)47(39-19-10-5-11-20-39)43-22-13-12-21-41(43)42-28-27-37(29-44(42)47)34-23-25-36(26-24-34)46-31-38(33-15-6-3-7-16-33)30-45(49-46)35-17-8-4-9-18-35/h2-32H,1H3/b14-2-,40-32+. The first-order chi connectivity index (χ1) is 24.2. The van der Waals surface area contributed by atoms with Gasteiger partial charge in [0.1, 0.15) is 0 Å². The molecule has 1 atom stereocenters. The molecule has 1 nitrogen and oxygen atoms in total. The number of aromatic nitrogens is 1. The maximum atomic E-state index is 5.16. The summed E-state index contributed by atoms with van der Waals surface area (Å²) in [4.78, 5) is 5.16. The fourth-order valence-corrected chi connectivity index (χ4v) is 8.10. The molecular formula is C47H34IN. The summed E-state index contributed by atoms with van der Waals surface area (Å²) in [6.07, 6.45) is 4.43.